The van der Waals surface area contributed by atoms with Crippen molar-refractivity contribution in [1.29, 1.82) is 0 Å². The zero-order valence-electron chi connectivity index (χ0n) is 17.1. The van der Waals surface area contributed by atoms with Gasteiger partial charge in [-0.2, -0.15) is 0 Å². The minimum absolute atomic E-state index is 0.0422. The number of hydrogen-bond donors (Lipinski definition) is 2. The van der Waals surface area contributed by atoms with Gasteiger partial charge in [-0.05, 0) is 45.5 Å². The van der Waals surface area contributed by atoms with E-state index < -0.39 is 0 Å². The molecule has 0 aliphatic carbocycles. The Bertz CT molecular complexity index is 499. The maximum Gasteiger partial charge on any atom is 0.290 e. The van der Waals surface area contributed by atoms with Crippen molar-refractivity contribution in [2.45, 2.75) is 24.9 Å². The molecule has 1 aromatic rings. The first-order chi connectivity index (χ1) is 13.5. The van der Waals surface area contributed by atoms with Crippen molar-refractivity contribution in [2.24, 2.45) is 0 Å². The second-order valence-electron chi connectivity index (χ2n) is 6.69. The third kappa shape index (κ3) is 11.5. The molecular formula is C20H34N2O6. The van der Waals surface area contributed by atoms with Crippen LogP contribution >= 0.6 is 0 Å². The molecule has 0 spiro atoms. The number of piperidine rings is 1. The first-order valence-corrected chi connectivity index (χ1v) is 9.22. The number of carboxylic acid groups (broad SMARTS) is 2. The van der Waals surface area contributed by atoms with Crippen LogP contribution in [0.15, 0.2) is 30.3 Å². The third-order valence-electron chi connectivity index (χ3n) is 4.44. The van der Waals surface area contributed by atoms with Crippen molar-refractivity contribution in [1.82, 2.24) is 9.80 Å². The number of carbonyl (C=O) groups is 2. The van der Waals surface area contributed by atoms with Crippen LogP contribution in [-0.2, 0) is 14.3 Å². The Morgan fingerprint density at radius 2 is 1.64 bits per heavy atom. The van der Waals surface area contributed by atoms with Gasteiger partial charge in [0, 0.05) is 33.3 Å². The molecule has 8 heteroatoms. The van der Waals surface area contributed by atoms with E-state index in [0.29, 0.717) is 0 Å². The molecule has 28 heavy (non-hydrogen) atoms. The van der Waals surface area contributed by atoms with Gasteiger partial charge < -0.3 is 29.5 Å². The van der Waals surface area contributed by atoms with E-state index in [9.17, 15) is 0 Å². The lowest BCUT2D eigenvalue weighted by Gasteiger charge is -2.42. The molecular weight excluding hydrogens is 364 g/mol. The average molecular weight is 399 g/mol. The summed E-state index contributed by atoms with van der Waals surface area (Å²) in [5.74, 6) is 0.963. The van der Waals surface area contributed by atoms with Crippen LogP contribution in [0.25, 0.3) is 0 Å². The Kier molecular flexibility index (Phi) is 14.6. The normalized spacial score (nSPS) is 15.4. The fourth-order valence-corrected chi connectivity index (χ4v) is 3.18. The van der Waals surface area contributed by atoms with Crippen LogP contribution in [0.5, 0.6) is 5.75 Å². The number of nitrogens with zero attached hydrogens (tertiary/aromatic N) is 2. The van der Waals surface area contributed by atoms with Crippen LogP contribution in [0.4, 0.5) is 0 Å². The smallest absolute Gasteiger partial charge is 0.290 e. The van der Waals surface area contributed by atoms with E-state index in [1.54, 1.807) is 0 Å². The molecule has 1 aliphatic heterocycles. The van der Waals surface area contributed by atoms with Crippen molar-refractivity contribution in [3.8, 4) is 5.75 Å². The number of para-hydroxylation sites is 1. The van der Waals surface area contributed by atoms with Crippen LogP contribution in [0.1, 0.15) is 19.3 Å². The van der Waals surface area contributed by atoms with E-state index in [-0.39, 0.29) is 18.5 Å². The van der Waals surface area contributed by atoms with E-state index in [2.05, 4.69) is 23.9 Å². The van der Waals surface area contributed by atoms with Gasteiger partial charge in [-0.3, -0.25) is 9.59 Å². The van der Waals surface area contributed by atoms with Crippen molar-refractivity contribution >= 4 is 12.9 Å². The highest BCUT2D eigenvalue weighted by Crippen LogP contribution is 2.26. The molecule has 1 heterocycles. The van der Waals surface area contributed by atoms with Gasteiger partial charge in [0.05, 0.1) is 12.2 Å². The largest absolute Gasteiger partial charge is 0.494 e. The van der Waals surface area contributed by atoms with Crippen LogP contribution in [0.2, 0.25) is 0 Å². The van der Waals surface area contributed by atoms with Crippen molar-refractivity contribution in [3.63, 3.8) is 0 Å². The predicted molar refractivity (Wildman–Crippen MR) is 108 cm³/mol. The number of rotatable bonds is 8. The molecule has 0 saturated carbocycles. The van der Waals surface area contributed by atoms with E-state index in [4.69, 9.17) is 29.3 Å². The minimum Gasteiger partial charge on any atom is -0.494 e. The fourth-order valence-electron chi connectivity index (χ4n) is 3.18. The maximum atomic E-state index is 8.36. The Balaban J connectivity index is 0.00000108. The summed E-state index contributed by atoms with van der Waals surface area (Å²) in [6.45, 7) is 4.64. The number of likely N-dealkylation sites (N-methyl/N-ethyl adjacent to an activating group) is 1. The van der Waals surface area contributed by atoms with Gasteiger partial charge >= 0.3 is 0 Å². The molecule has 160 valence electrons. The van der Waals surface area contributed by atoms with Crippen molar-refractivity contribution in [3.05, 3.63) is 30.3 Å². The SMILES string of the molecule is COC1(CN(C)C)CCN(CCCOc2ccccc2)CC1.O=CO.O=CO. The molecule has 0 unspecified atom stereocenters. The molecule has 1 saturated heterocycles. The molecule has 2 rings (SSSR count). The first-order valence-electron chi connectivity index (χ1n) is 9.22. The summed E-state index contributed by atoms with van der Waals surface area (Å²) in [6.07, 6.45) is 3.30. The topological polar surface area (TPSA) is 99.5 Å². The molecule has 0 aromatic heterocycles. The van der Waals surface area contributed by atoms with Crippen LogP contribution < -0.4 is 4.74 Å². The first kappa shape index (κ1) is 25.8. The summed E-state index contributed by atoms with van der Waals surface area (Å²) in [5, 5.41) is 13.8. The number of hydrogen-bond acceptors (Lipinski definition) is 6. The molecule has 1 fully saturated rings. The standard InChI is InChI=1S/C18H30N2O2.2CH2O2/c1-19(2)16-18(21-3)10-13-20(14-11-18)12-7-15-22-17-8-5-4-6-9-17;2*2-1-3/h4-6,8-9H,7,10-16H2,1-3H3;2*1H,(H,2,3). The monoisotopic (exact) mass is 398 g/mol. The molecule has 2 N–H and O–H groups in total. The van der Waals surface area contributed by atoms with Crippen LogP contribution in [0.3, 0.4) is 0 Å². The maximum absolute atomic E-state index is 8.36. The summed E-state index contributed by atoms with van der Waals surface area (Å²) in [5.41, 5.74) is 0.0422. The van der Waals surface area contributed by atoms with Gasteiger partial charge in [0.2, 0.25) is 0 Å². The Labute approximate surface area is 167 Å². The second kappa shape index (κ2) is 15.9. The highest BCUT2D eigenvalue weighted by Gasteiger charge is 2.34. The van der Waals surface area contributed by atoms with E-state index >= 15 is 0 Å². The Morgan fingerprint density at radius 3 is 2.11 bits per heavy atom. The van der Waals surface area contributed by atoms with Crippen LogP contribution in [0, 0.1) is 0 Å². The summed E-state index contributed by atoms with van der Waals surface area (Å²) < 4.78 is 11.6. The van der Waals surface area contributed by atoms with E-state index in [1.165, 1.54) is 0 Å². The lowest BCUT2D eigenvalue weighted by Crippen LogP contribution is -2.51. The lowest BCUT2D eigenvalue weighted by atomic mass is 9.90. The molecule has 1 aromatic carbocycles. The predicted octanol–water partition coefficient (Wildman–Crippen LogP) is 1.90. The van der Waals surface area contributed by atoms with E-state index in [1.807, 2.05) is 37.4 Å². The van der Waals surface area contributed by atoms with E-state index in [0.717, 1.165) is 57.8 Å². The molecule has 8 nitrogen and oxygen atoms in total. The number of methoxy groups -OCH3 is 1. The highest BCUT2D eigenvalue weighted by atomic mass is 16.5. The summed E-state index contributed by atoms with van der Waals surface area (Å²) in [6, 6.07) is 10.0. The average Bonchev–Trinajstić information content (AvgIpc) is 2.68. The summed E-state index contributed by atoms with van der Waals surface area (Å²) >= 11 is 0. The van der Waals surface area contributed by atoms with Gasteiger partial charge in [-0.1, -0.05) is 18.2 Å². The summed E-state index contributed by atoms with van der Waals surface area (Å²) in [4.78, 5) is 21.5. The van der Waals surface area contributed by atoms with Gasteiger partial charge in [0.25, 0.3) is 12.9 Å². The number of likely N-dealkylation sites (tertiary alicyclic amines) is 1. The molecule has 0 bridgehead atoms. The van der Waals surface area contributed by atoms with Gasteiger partial charge in [0.1, 0.15) is 5.75 Å². The van der Waals surface area contributed by atoms with Crippen LogP contribution in [-0.4, -0.2) is 92.5 Å². The fraction of sp³-hybridized carbons (Fsp3) is 0.600. The Morgan fingerprint density at radius 1 is 1.11 bits per heavy atom. The number of benzene rings is 1. The van der Waals surface area contributed by atoms with Gasteiger partial charge in [-0.15, -0.1) is 0 Å². The highest BCUT2D eigenvalue weighted by molar-refractivity contribution is 5.33. The number of ether oxygens (including phenoxy) is 2. The van der Waals surface area contributed by atoms with Crippen molar-refractivity contribution in [2.75, 3.05) is 54.0 Å². The second-order valence-corrected chi connectivity index (χ2v) is 6.69. The zero-order chi connectivity index (χ0) is 21.3. The zero-order valence-corrected chi connectivity index (χ0v) is 17.1. The molecule has 0 atom stereocenters. The Hall–Kier alpha value is -2.16. The molecule has 0 radical (unpaired) electrons. The van der Waals surface area contributed by atoms with Gasteiger partial charge in [0.15, 0.2) is 0 Å². The third-order valence-corrected chi connectivity index (χ3v) is 4.44. The quantitative estimate of drug-likeness (QED) is 0.506. The van der Waals surface area contributed by atoms with Crippen molar-refractivity contribution < 1.29 is 29.3 Å². The summed E-state index contributed by atoms with van der Waals surface area (Å²) in [7, 11) is 6.09. The molecule has 0 amide bonds. The lowest BCUT2D eigenvalue weighted by molar-refractivity contribution is -0.123. The minimum atomic E-state index is -0.250. The molecule has 1 aliphatic rings. The van der Waals surface area contributed by atoms with Gasteiger partial charge in [-0.25, -0.2) is 0 Å².